The van der Waals surface area contributed by atoms with Crippen molar-refractivity contribution in [2.45, 2.75) is 12.8 Å². The first kappa shape index (κ1) is 21.0. The van der Waals surface area contributed by atoms with Gasteiger partial charge in [0.1, 0.15) is 11.0 Å². The Morgan fingerprint density at radius 3 is 2.74 bits per heavy atom. The Hall–Kier alpha value is -3.22. The van der Waals surface area contributed by atoms with E-state index < -0.39 is 0 Å². The van der Waals surface area contributed by atoms with Crippen LogP contribution in [0.25, 0.3) is 11.3 Å². The first-order chi connectivity index (χ1) is 15.1. The van der Waals surface area contributed by atoms with E-state index in [0.29, 0.717) is 23.1 Å². The normalized spacial score (nSPS) is 12.5. The van der Waals surface area contributed by atoms with E-state index in [1.54, 1.807) is 36.5 Å². The van der Waals surface area contributed by atoms with Crippen molar-refractivity contribution in [3.63, 3.8) is 0 Å². The average Bonchev–Trinajstić information content (AvgIpc) is 3.29. The second-order valence-electron chi connectivity index (χ2n) is 6.90. The van der Waals surface area contributed by atoms with Gasteiger partial charge < -0.3 is 10.6 Å². The van der Waals surface area contributed by atoms with Gasteiger partial charge >= 0.3 is 0 Å². The lowest BCUT2D eigenvalue weighted by molar-refractivity contribution is 0.102. The Balaban J connectivity index is 1.42. The van der Waals surface area contributed by atoms with Crippen LogP contribution in [-0.4, -0.2) is 28.6 Å². The third-order valence-electron chi connectivity index (χ3n) is 4.73. The first-order valence-corrected chi connectivity index (χ1v) is 10.5. The van der Waals surface area contributed by atoms with Crippen molar-refractivity contribution in [1.82, 2.24) is 9.97 Å². The van der Waals surface area contributed by atoms with Crippen LogP contribution < -0.4 is 10.6 Å². The summed E-state index contributed by atoms with van der Waals surface area (Å²) in [6, 6.07) is 14.2. The fourth-order valence-corrected chi connectivity index (χ4v) is 3.57. The molecular formula is C23H19Cl2N5O. The number of hydrogen-bond donors (Lipinski definition) is 2. The number of aromatic nitrogens is 2. The Kier molecular flexibility index (Phi) is 6.60. The van der Waals surface area contributed by atoms with Crippen molar-refractivity contribution in [3.05, 3.63) is 82.2 Å². The molecule has 0 bridgehead atoms. The van der Waals surface area contributed by atoms with E-state index in [2.05, 4.69) is 25.6 Å². The van der Waals surface area contributed by atoms with Gasteiger partial charge in [-0.3, -0.25) is 14.8 Å². The third-order valence-corrected chi connectivity index (χ3v) is 5.34. The van der Waals surface area contributed by atoms with Gasteiger partial charge in [0, 0.05) is 42.8 Å². The maximum absolute atomic E-state index is 12.7. The average molecular weight is 452 g/mol. The molecule has 1 aromatic carbocycles. The number of carbonyl (C=O) groups excluding carboxylic acids is 1. The predicted molar refractivity (Wildman–Crippen MR) is 126 cm³/mol. The lowest BCUT2D eigenvalue weighted by Crippen LogP contribution is -2.14. The fraction of sp³-hybridized carbons (Fsp3) is 0.130. The highest BCUT2D eigenvalue weighted by Crippen LogP contribution is 2.29. The van der Waals surface area contributed by atoms with Crippen molar-refractivity contribution in [1.29, 1.82) is 0 Å². The molecule has 0 fully saturated rings. The largest absolute Gasteiger partial charge is 0.370 e. The van der Waals surface area contributed by atoms with Gasteiger partial charge in [-0.1, -0.05) is 29.3 Å². The van der Waals surface area contributed by atoms with E-state index >= 15 is 0 Å². The summed E-state index contributed by atoms with van der Waals surface area (Å²) in [5.74, 6) is 0.261. The van der Waals surface area contributed by atoms with Crippen LogP contribution in [-0.2, 0) is 0 Å². The molecule has 2 N–H and O–H groups in total. The number of benzene rings is 1. The second kappa shape index (κ2) is 9.73. The zero-order chi connectivity index (χ0) is 21.6. The molecule has 0 saturated carbocycles. The van der Waals surface area contributed by atoms with Crippen molar-refractivity contribution < 1.29 is 4.79 Å². The summed E-state index contributed by atoms with van der Waals surface area (Å²) >= 11 is 12.6. The van der Waals surface area contributed by atoms with Crippen molar-refractivity contribution in [3.8, 4) is 11.3 Å². The van der Waals surface area contributed by atoms with Gasteiger partial charge in [-0.2, -0.15) is 0 Å². The zero-order valence-corrected chi connectivity index (χ0v) is 18.0. The highest BCUT2D eigenvalue weighted by molar-refractivity contribution is 6.34. The van der Waals surface area contributed by atoms with Crippen molar-refractivity contribution in [2.75, 3.05) is 17.2 Å². The summed E-state index contributed by atoms with van der Waals surface area (Å²) in [5, 5.41) is 6.74. The Labute approximate surface area is 190 Å². The van der Waals surface area contributed by atoms with Crippen LogP contribution in [0.3, 0.4) is 0 Å². The van der Waals surface area contributed by atoms with E-state index in [0.717, 1.165) is 24.1 Å². The molecule has 6 nitrogen and oxygen atoms in total. The number of hydrogen-bond acceptors (Lipinski definition) is 5. The molecule has 0 radical (unpaired) electrons. The number of pyridine rings is 2. The minimum Gasteiger partial charge on any atom is -0.370 e. The van der Waals surface area contributed by atoms with E-state index in [9.17, 15) is 4.79 Å². The lowest BCUT2D eigenvalue weighted by Gasteiger charge is -2.11. The predicted octanol–water partition coefficient (Wildman–Crippen LogP) is 5.86. The number of aliphatic imine (C=N–C) groups is 1. The van der Waals surface area contributed by atoms with Gasteiger partial charge in [-0.15, -0.1) is 0 Å². The molecule has 4 rings (SSSR count). The van der Waals surface area contributed by atoms with E-state index in [-0.39, 0.29) is 16.6 Å². The molecule has 156 valence electrons. The number of carbonyl (C=O) groups is 1. The minimum absolute atomic E-state index is 0.129. The van der Waals surface area contributed by atoms with Gasteiger partial charge in [-0.25, -0.2) is 4.98 Å². The summed E-state index contributed by atoms with van der Waals surface area (Å²) in [4.78, 5) is 25.4. The number of amides is 1. The van der Waals surface area contributed by atoms with Crippen molar-refractivity contribution in [2.24, 2.45) is 4.99 Å². The number of nitrogens with zero attached hydrogens (tertiary/aromatic N) is 3. The third kappa shape index (κ3) is 5.29. The molecule has 0 aliphatic carbocycles. The Morgan fingerprint density at radius 1 is 1.10 bits per heavy atom. The molecule has 3 aromatic rings. The van der Waals surface area contributed by atoms with Crippen LogP contribution in [0.4, 0.5) is 11.5 Å². The van der Waals surface area contributed by atoms with Gasteiger partial charge in [0.15, 0.2) is 0 Å². The molecule has 1 aliphatic heterocycles. The highest BCUT2D eigenvalue weighted by atomic mass is 35.5. The highest BCUT2D eigenvalue weighted by Gasteiger charge is 2.14. The summed E-state index contributed by atoms with van der Waals surface area (Å²) in [5.41, 5.74) is 3.58. The van der Waals surface area contributed by atoms with Gasteiger partial charge in [-0.05, 0) is 54.5 Å². The maximum atomic E-state index is 12.7. The molecule has 0 spiro atoms. The zero-order valence-electron chi connectivity index (χ0n) is 16.5. The molecule has 0 saturated heterocycles. The number of halogens is 2. The molecule has 31 heavy (non-hydrogen) atoms. The molecule has 2 aromatic heterocycles. The van der Waals surface area contributed by atoms with Gasteiger partial charge in [0.2, 0.25) is 0 Å². The van der Waals surface area contributed by atoms with Crippen LogP contribution in [0, 0.1) is 0 Å². The topological polar surface area (TPSA) is 79.3 Å². The van der Waals surface area contributed by atoms with Crippen LogP contribution in [0.1, 0.15) is 23.2 Å². The van der Waals surface area contributed by atoms with Gasteiger partial charge in [0.25, 0.3) is 5.91 Å². The quantitative estimate of drug-likeness (QED) is 0.440. The molecule has 1 aliphatic rings. The summed E-state index contributed by atoms with van der Waals surface area (Å²) in [6.07, 6.45) is 7.22. The van der Waals surface area contributed by atoms with Gasteiger partial charge in [0.05, 0.1) is 16.3 Å². The lowest BCUT2D eigenvalue weighted by atomic mass is 10.1. The molecule has 3 heterocycles. The monoisotopic (exact) mass is 451 g/mol. The summed E-state index contributed by atoms with van der Waals surface area (Å²) in [6.45, 7) is 0.713. The maximum Gasteiger partial charge on any atom is 0.258 e. The van der Waals surface area contributed by atoms with Crippen LogP contribution in [0.2, 0.25) is 10.2 Å². The SMILES string of the molecule is O=C(Nc1ccc(Cl)c(-c2ccccn2)c1)c1ccc(NCCC2=CN=CC2)nc1Cl. The second-order valence-corrected chi connectivity index (χ2v) is 7.66. The van der Waals surface area contributed by atoms with Crippen LogP contribution in [0.5, 0.6) is 0 Å². The number of nitrogens with one attached hydrogen (secondary N) is 2. The number of rotatable bonds is 7. The number of anilines is 2. The standard InChI is InChI=1S/C23H19Cl2N5O/c24-19-6-4-16(13-18(19)20-3-1-2-10-27-20)29-23(31)17-5-7-21(30-22(17)25)28-12-9-15-8-11-26-14-15/h1-7,10-11,13-14H,8-9,12H2,(H,28,30)(H,29,31). The first-order valence-electron chi connectivity index (χ1n) is 9.72. The fourth-order valence-electron chi connectivity index (χ4n) is 3.12. The van der Waals surface area contributed by atoms with Crippen molar-refractivity contribution >= 4 is 46.8 Å². The van der Waals surface area contributed by atoms with Crippen LogP contribution >= 0.6 is 23.2 Å². The summed E-state index contributed by atoms with van der Waals surface area (Å²) < 4.78 is 0. The molecule has 0 atom stereocenters. The smallest absolute Gasteiger partial charge is 0.258 e. The molecule has 0 unspecified atom stereocenters. The molecule has 1 amide bonds. The molecule has 8 heteroatoms. The van der Waals surface area contributed by atoms with E-state index in [1.165, 1.54) is 5.57 Å². The van der Waals surface area contributed by atoms with E-state index in [4.69, 9.17) is 23.2 Å². The summed E-state index contributed by atoms with van der Waals surface area (Å²) in [7, 11) is 0. The minimum atomic E-state index is -0.355. The van der Waals surface area contributed by atoms with E-state index in [1.807, 2.05) is 30.6 Å². The van der Waals surface area contributed by atoms with Crippen LogP contribution in [0.15, 0.2) is 71.5 Å². The Bertz CT molecular complexity index is 1160. The Morgan fingerprint density at radius 2 is 2.00 bits per heavy atom. The molecular weight excluding hydrogens is 433 g/mol.